The van der Waals surface area contributed by atoms with Crippen LogP contribution in [0, 0.1) is 6.92 Å². The van der Waals surface area contributed by atoms with Crippen molar-refractivity contribution in [1.82, 2.24) is 9.88 Å². The van der Waals surface area contributed by atoms with Crippen molar-refractivity contribution in [1.29, 1.82) is 0 Å². The van der Waals surface area contributed by atoms with Gasteiger partial charge in [-0.1, -0.05) is 12.1 Å². The van der Waals surface area contributed by atoms with Gasteiger partial charge in [0, 0.05) is 25.0 Å². The van der Waals surface area contributed by atoms with Gasteiger partial charge < -0.3 is 14.6 Å². The maximum absolute atomic E-state index is 11.9. The van der Waals surface area contributed by atoms with Gasteiger partial charge in [0.05, 0.1) is 0 Å². The molecule has 1 heterocycles. The van der Waals surface area contributed by atoms with Crippen LogP contribution in [0.15, 0.2) is 42.6 Å². The summed E-state index contributed by atoms with van der Waals surface area (Å²) in [5, 5.41) is 2.97. The molecule has 0 saturated carbocycles. The topological polar surface area (TPSA) is 43.3 Å². The van der Waals surface area contributed by atoms with Crippen LogP contribution in [-0.2, 0) is 18.3 Å². The largest absolute Gasteiger partial charge is 0.484 e. The molecule has 0 unspecified atom stereocenters. The summed E-state index contributed by atoms with van der Waals surface area (Å²) in [6.07, 6.45) is 3.89. The molecule has 0 radical (unpaired) electrons. The Labute approximate surface area is 132 Å². The molecule has 0 saturated heterocycles. The summed E-state index contributed by atoms with van der Waals surface area (Å²) >= 11 is 0. The minimum atomic E-state index is -0.0825. The van der Waals surface area contributed by atoms with Crippen LogP contribution < -0.4 is 10.1 Å². The van der Waals surface area contributed by atoms with Gasteiger partial charge in [-0.3, -0.25) is 4.79 Å². The Bertz CT molecular complexity index is 619. The quantitative estimate of drug-likeness (QED) is 0.854. The molecule has 0 aliphatic heterocycles. The lowest BCUT2D eigenvalue weighted by Gasteiger charge is -2.14. The van der Waals surface area contributed by atoms with E-state index in [1.807, 2.05) is 57.4 Å². The van der Waals surface area contributed by atoms with E-state index >= 15 is 0 Å². The fourth-order valence-electron chi connectivity index (χ4n) is 2.36. The first-order valence-corrected chi connectivity index (χ1v) is 7.63. The Kier molecular flexibility index (Phi) is 5.64. The SMILES string of the molecule is Cc1cccc(OCC(=O)N[C@H](C)CCc2cccn2C)c1. The van der Waals surface area contributed by atoms with Crippen LogP contribution in [0.1, 0.15) is 24.6 Å². The Morgan fingerprint density at radius 3 is 2.82 bits per heavy atom. The van der Waals surface area contributed by atoms with Gasteiger partial charge in [0.15, 0.2) is 6.61 Å². The van der Waals surface area contributed by atoms with E-state index in [2.05, 4.69) is 16.0 Å². The van der Waals surface area contributed by atoms with Gasteiger partial charge in [0.25, 0.3) is 5.91 Å². The molecule has 1 atom stereocenters. The van der Waals surface area contributed by atoms with Crippen LogP contribution in [0.2, 0.25) is 0 Å². The molecule has 0 aliphatic rings. The molecule has 1 aromatic carbocycles. The van der Waals surface area contributed by atoms with Crippen molar-refractivity contribution in [2.24, 2.45) is 7.05 Å². The minimum Gasteiger partial charge on any atom is -0.484 e. The summed E-state index contributed by atoms with van der Waals surface area (Å²) in [6.45, 7) is 4.07. The number of amides is 1. The zero-order chi connectivity index (χ0) is 15.9. The molecule has 2 rings (SSSR count). The van der Waals surface area contributed by atoms with E-state index in [0.29, 0.717) is 0 Å². The van der Waals surface area contributed by atoms with Gasteiger partial charge in [0.1, 0.15) is 5.75 Å². The van der Waals surface area contributed by atoms with Crippen molar-refractivity contribution in [2.75, 3.05) is 6.61 Å². The van der Waals surface area contributed by atoms with E-state index in [4.69, 9.17) is 4.74 Å². The van der Waals surface area contributed by atoms with Gasteiger partial charge in [0.2, 0.25) is 0 Å². The predicted molar refractivity (Wildman–Crippen MR) is 88.0 cm³/mol. The van der Waals surface area contributed by atoms with Crippen LogP contribution in [0.4, 0.5) is 0 Å². The molecule has 0 spiro atoms. The highest BCUT2D eigenvalue weighted by atomic mass is 16.5. The summed E-state index contributed by atoms with van der Waals surface area (Å²) in [5.74, 6) is 0.646. The molecule has 0 fully saturated rings. The molecule has 1 N–H and O–H groups in total. The number of nitrogens with zero attached hydrogens (tertiary/aromatic N) is 1. The second-order valence-electron chi connectivity index (χ2n) is 5.72. The fraction of sp³-hybridized carbons (Fsp3) is 0.389. The summed E-state index contributed by atoms with van der Waals surface area (Å²) in [6, 6.07) is 12.0. The lowest BCUT2D eigenvalue weighted by atomic mass is 10.1. The molecule has 4 nitrogen and oxygen atoms in total. The maximum atomic E-state index is 11.9. The Morgan fingerprint density at radius 2 is 2.14 bits per heavy atom. The van der Waals surface area contributed by atoms with Crippen molar-refractivity contribution >= 4 is 5.91 Å². The molecule has 118 valence electrons. The molecule has 0 bridgehead atoms. The van der Waals surface area contributed by atoms with Crippen molar-refractivity contribution in [2.45, 2.75) is 32.7 Å². The zero-order valence-corrected chi connectivity index (χ0v) is 13.5. The number of benzene rings is 1. The highest BCUT2D eigenvalue weighted by Gasteiger charge is 2.09. The monoisotopic (exact) mass is 300 g/mol. The van der Waals surface area contributed by atoms with E-state index in [0.717, 1.165) is 24.2 Å². The Hall–Kier alpha value is -2.23. The third kappa shape index (κ3) is 4.95. The lowest BCUT2D eigenvalue weighted by molar-refractivity contribution is -0.123. The molecular formula is C18H24N2O2. The minimum absolute atomic E-state index is 0.0535. The third-order valence-corrected chi connectivity index (χ3v) is 3.65. The molecular weight excluding hydrogens is 276 g/mol. The van der Waals surface area contributed by atoms with E-state index in [1.54, 1.807) is 0 Å². The highest BCUT2D eigenvalue weighted by molar-refractivity contribution is 5.77. The fourth-order valence-corrected chi connectivity index (χ4v) is 2.36. The standard InChI is InChI=1S/C18H24N2O2/c1-14-6-4-8-17(12-14)22-13-18(21)19-15(2)9-10-16-7-5-11-20(16)3/h4-8,11-12,15H,9-10,13H2,1-3H3,(H,19,21)/t15-/m1/s1. The maximum Gasteiger partial charge on any atom is 0.258 e. The summed E-state index contributed by atoms with van der Waals surface area (Å²) < 4.78 is 7.61. The second kappa shape index (κ2) is 7.69. The van der Waals surface area contributed by atoms with Gasteiger partial charge in [-0.15, -0.1) is 0 Å². The van der Waals surface area contributed by atoms with Crippen molar-refractivity contribution in [3.8, 4) is 5.75 Å². The summed E-state index contributed by atoms with van der Waals surface area (Å²) in [5.41, 5.74) is 2.39. The normalized spacial score (nSPS) is 12.0. The van der Waals surface area contributed by atoms with Crippen LogP contribution in [0.3, 0.4) is 0 Å². The van der Waals surface area contributed by atoms with Gasteiger partial charge in [-0.05, 0) is 56.5 Å². The van der Waals surface area contributed by atoms with Crippen LogP contribution >= 0.6 is 0 Å². The molecule has 4 heteroatoms. The first kappa shape index (κ1) is 16.1. The number of aromatic nitrogens is 1. The average molecular weight is 300 g/mol. The number of aryl methyl sites for hydroxylation is 3. The first-order valence-electron chi connectivity index (χ1n) is 7.63. The number of hydrogen-bond donors (Lipinski definition) is 1. The first-order chi connectivity index (χ1) is 10.5. The van der Waals surface area contributed by atoms with E-state index in [1.165, 1.54) is 5.69 Å². The highest BCUT2D eigenvalue weighted by Crippen LogP contribution is 2.12. The number of carbonyl (C=O) groups is 1. The smallest absolute Gasteiger partial charge is 0.258 e. The summed E-state index contributed by atoms with van der Waals surface area (Å²) in [7, 11) is 2.04. The summed E-state index contributed by atoms with van der Waals surface area (Å²) in [4.78, 5) is 11.9. The van der Waals surface area contributed by atoms with E-state index < -0.39 is 0 Å². The molecule has 2 aromatic rings. The van der Waals surface area contributed by atoms with Crippen molar-refractivity contribution in [3.05, 3.63) is 53.9 Å². The zero-order valence-electron chi connectivity index (χ0n) is 13.5. The Balaban J connectivity index is 1.71. The van der Waals surface area contributed by atoms with Gasteiger partial charge in [-0.2, -0.15) is 0 Å². The predicted octanol–water partition coefficient (Wildman–Crippen LogP) is 2.85. The molecule has 1 amide bonds. The van der Waals surface area contributed by atoms with Crippen LogP contribution in [0.25, 0.3) is 0 Å². The number of hydrogen-bond acceptors (Lipinski definition) is 2. The molecule has 1 aromatic heterocycles. The Morgan fingerprint density at radius 1 is 1.32 bits per heavy atom. The number of carbonyl (C=O) groups excluding carboxylic acids is 1. The third-order valence-electron chi connectivity index (χ3n) is 3.65. The molecule has 22 heavy (non-hydrogen) atoms. The van der Waals surface area contributed by atoms with E-state index in [-0.39, 0.29) is 18.6 Å². The van der Waals surface area contributed by atoms with Crippen LogP contribution in [-0.4, -0.2) is 23.1 Å². The molecule has 0 aliphatic carbocycles. The second-order valence-corrected chi connectivity index (χ2v) is 5.72. The van der Waals surface area contributed by atoms with Crippen LogP contribution in [0.5, 0.6) is 5.75 Å². The van der Waals surface area contributed by atoms with Gasteiger partial charge in [-0.25, -0.2) is 0 Å². The van der Waals surface area contributed by atoms with Gasteiger partial charge >= 0.3 is 0 Å². The number of ether oxygens (including phenoxy) is 1. The van der Waals surface area contributed by atoms with Crippen molar-refractivity contribution in [3.63, 3.8) is 0 Å². The average Bonchev–Trinajstić information content (AvgIpc) is 2.88. The lowest BCUT2D eigenvalue weighted by Crippen LogP contribution is -2.36. The number of nitrogens with one attached hydrogen (secondary N) is 1. The van der Waals surface area contributed by atoms with Crippen molar-refractivity contribution < 1.29 is 9.53 Å². The number of rotatable bonds is 7. The van der Waals surface area contributed by atoms with E-state index in [9.17, 15) is 4.79 Å².